The van der Waals surface area contributed by atoms with Crippen LogP contribution >= 0.6 is 0 Å². The Morgan fingerprint density at radius 1 is 1.17 bits per heavy atom. The van der Waals surface area contributed by atoms with Crippen LogP contribution in [0.5, 0.6) is 5.75 Å². The topological polar surface area (TPSA) is 104 Å². The third-order valence-electron chi connectivity index (χ3n) is 8.58. The molecule has 1 aliphatic carbocycles. The number of nitrogens with two attached hydrogens (primary N) is 1. The molecule has 1 atom stereocenters. The van der Waals surface area contributed by atoms with Crippen LogP contribution in [0.2, 0.25) is 0 Å². The summed E-state index contributed by atoms with van der Waals surface area (Å²) in [5, 5.41) is 10.8. The second kappa shape index (κ2) is 11.1. The van der Waals surface area contributed by atoms with Gasteiger partial charge < -0.3 is 20.5 Å². The fraction of sp³-hybridized carbons (Fsp3) is 0.387. The number of pyridine rings is 1. The molecule has 0 bridgehead atoms. The van der Waals surface area contributed by atoms with E-state index >= 15 is 8.78 Å². The van der Waals surface area contributed by atoms with E-state index in [9.17, 15) is 9.90 Å². The second-order valence-corrected chi connectivity index (χ2v) is 11.2. The van der Waals surface area contributed by atoms with Crippen molar-refractivity contribution in [2.45, 2.75) is 56.4 Å². The number of hydrogen-bond acceptors (Lipinski definition) is 7. The van der Waals surface area contributed by atoms with Crippen LogP contribution in [-0.4, -0.2) is 72.1 Å². The Balaban J connectivity index is 1.23. The van der Waals surface area contributed by atoms with Crippen molar-refractivity contribution in [2.75, 3.05) is 25.9 Å². The SMILES string of the molecule is [B]C1(O)c2ncccc2C(=O)N1Cc1c(F)cc(-c2ccc(OC3CN(C4CCCCC4)C3)c(N)c2C=NC)cc1F. The summed E-state index contributed by atoms with van der Waals surface area (Å²) in [6.07, 6.45) is 9.28. The zero-order valence-corrected chi connectivity index (χ0v) is 23.4. The molecule has 11 heteroatoms. The molecule has 1 saturated heterocycles. The zero-order valence-electron chi connectivity index (χ0n) is 23.4. The van der Waals surface area contributed by atoms with Gasteiger partial charge in [0.1, 0.15) is 29.1 Å². The number of carbonyl (C=O) groups is 1. The van der Waals surface area contributed by atoms with Crippen LogP contribution in [0.25, 0.3) is 11.1 Å². The van der Waals surface area contributed by atoms with E-state index in [4.69, 9.17) is 18.3 Å². The predicted molar refractivity (Wildman–Crippen MR) is 156 cm³/mol. The maximum atomic E-state index is 15.5. The minimum Gasteiger partial charge on any atom is -0.486 e. The highest BCUT2D eigenvalue weighted by molar-refractivity contribution is 6.19. The number of nitrogen functional groups attached to an aromatic ring is 1. The average Bonchev–Trinajstić information content (AvgIpc) is 3.15. The summed E-state index contributed by atoms with van der Waals surface area (Å²) in [4.78, 5) is 24.2. The van der Waals surface area contributed by atoms with Gasteiger partial charge >= 0.3 is 0 Å². The number of aliphatic hydroxyl groups is 1. The number of carbonyl (C=O) groups excluding carboxylic acids is 1. The first-order valence-electron chi connectivity index (χ1n) is 14.2. The lowest BCUT2D eigenvalue weighted by molar-refractivity contribution is -0.0231. The molecule has 2 aromatic carbocycles. The van der Waals surface area contributed by atoms with E-state index < -0.39 is 35.3 Å². The van der Waals surface area contributed by atoms with Crippen LogP contribution < -0.4 is 10.5 Å². The fourth-order valence-electron chi connectivity index (χ4n) is 6.27. The molecule has 3 heterocycles. The van der Waals surface area contributed by atoms with Gasteiger partial charge in [0.05, 0.1) is 23.5 Å². The Morgan fingerprint density at radius 2 is 1.88 bits per heavy atom. The number of benzene rings is 2. The standard InChI is InChI=1S/C31H32BF2N5O3/c1-36-14-23-21(9-10-27(28(23)35)42-20-15-38(16-20)19-6-3-2-4-7-19)18-12-25(33)24(26(34)13-18)17-39-30(40)22-8-5-11-37-29(22)31(39,32)41/h5,8-14,19-20,41H,2-4,6-7,15-17,35H2,1H3. The molecule has 3 N–H and O–H groups in total. The number of amides is 1. The van der Waals surface area contributed by atoms with E-state index in [2.05, 4.69) is 14.9 Å². The molecule has 1 saturated carbocycles. The quantitative estimate of drug-likeness (QED) is 0.253. The van der Waals surface area contributed by atoms with Crippen molar-refractivity contribution in [1.82, 2.24) is 14.8 Å². The van der Waals surface area contributed by atoms with Gasteiger partial charge in [-0.15, -0.1) is 0 Å². The van der Waals surface area contributed by atoms with Crippen LogP contribution in [0.1, 0.15) is 59.3 Å². The molecule has 2 aliphatic heterocycles. The summed E-state index contributed by atoms with van der Waals surface area (Å²) in [7, 11) is 7.57. The lowest BCUT2D eigenvalue weighted by Gasteiger charge is -2.45. The van der Waals surface area contributed by atoms with Gasteiger partial charge in [-0.3, -0.25) is 19.7 Å². The number of likely N-dealkylation sites (tertiary alicyclic amines) is 1. The Morgan fingerprint density at radius 3 is 2.55 bits per heavy atom. The number of halogens is 2. The van der Waals surface area contributed by atoms with E-state index in [-0.39, 0.29) is 22.9 Å². The number of fused-ring (bicyclic) bond motifs is 1. The zero-order chi connectivity index (χ0) is 29.6. The molecule has 0 spiro atoms. The van der Waals surface area contributed by atoms with Gasteiger partial charge in [-0.1, -0.05) is 19.3 Å². The summed E-state index contributed by atoms with van der Waals surface area (Å²) in [5.74, 6) is -1.99. The molecule has 3 aromatic rings. The minimum atomic E-state index is -2.31. The van der Waals surface area contributed by atoms with Crippen molar-refractivity contribution in [3.63, 3.8) is 0 Å². The van der Waals surface area contributed by atoms with Crippen LogP contribution in [0.3, 0.4) is 0 Å². The average molecular weight is 571 g/mol. The molecule has 8 nitrogen and oxygen atoms in total. The normalized spacial score (nSPS) is 21.6. The van der Waals surface area contributed by atoms with Crippen molar-refractivity contribution in [2.24, 2.45) is 4.99 Å². The molecule has 1 aromatic heterocycles. The summed E-state index contributed by atoms with van der Waals surface area (Å²) >= 11 is 0. The highest BCUT2D eigenvalue weighted by atomic mass is 19.1. The summed E-state index contributed by atoms with van der Waals surface area (Å²) in [5.41, 5.74) is 5.29. The van der Waals surface area contributed by atoms with E-state index in [0.29, 0.717) is 28.6 Å². The lowest BCUT2D eigenvalue weighted by Crippen LogP contribution is -2.58. The molecular formula is C31H32BF2N5O3. The number of hydrogen-bond donors (Lipinski definition) is 2. The molecule has 216 valence electrons. The molecule has 2 fully saturated rings. The highest BCUT2D eigenvalue weighted by Gasteiger charge is 2.46. The van der Waals surface area contributed by atoms with E-state index in [1.165, 1.54) is 56.6 Å². The Bertz CT molecular complexity index is 1530. The van der Waals surface area contributed by atoms with E-state index in [1.54, 1.807) is 19.2 Å². The highest BCUT2D eigenvalue weighted by Crippen LogP contribution is 2.38. The van der Waals surface area contributed by atoms with Crippen molar-refractivity contribution in [3.8, 4) is 16.9 Å². The van der Waals surface area contributed by atoms with Gasteiger partial charge in [-0.2, -0.15) is 0 Å². The molecule has 42 heavy (non-hydrogen) atoms. The monoisotopic (exact) mass is 571 g/mol. The third kappa shape index (κ3) is 4.94. The van der Waals surface area contributed by atoms with Crippen molar-refractivity contribution < 1.29 is 23.4 Å². The molecule has 1 unspecified atom stereocenters. The molecule has 1 amide bonds. The third-order valence-corrected chi connectivity index (χ3v) is 8.58. The van der Waals surface area contributed by atoms with Gasteiger partial charge in [0.15, 0.2) is 7.85 Å². The summed E-state index contributed by atoms with van der Waals surface area (Å²) in [6.45, 7) is 1.09. The predicted octanol–water partition coefficient (Wildman–Crippen LogP) is 3.98. The van der Waals surface area contributed by atoms with Gasteiger partial charge in [0.2, 0.25) is 0 Å². The van der Waals surface area contributed by atoms with E-state index in [1.807, 2.05) is 0 Å². The largest absolute Gasteiger partial charge is 0.486 e. The number of anilines is 1. The molecule has 2 radical (unpaired) electrons. The van der Waals surface area contributed by atoms with Crippen LogP contribution in [0.4, 0.5) is 14.5 Å². The van der Waals surface area contributed by atoms with Crippen molar-refractivity contribution in [1.29, 1.82) is 0 Å². The first kappa shape index (κ1) is 28.3. The number of aromatic nitrogens is 1. The first-order chi connectivity index (χ1) is 20.2. The number of aliphatic imine (C=N–C) groups is 1. The molecular weight excluding hydrogens is 539 g/mol. The number of nitrogens with zero attached hydrogens (tertiary/aromatic N) is 4. The number of ether oxygens (including phenoxy) is 1. The maximum Gasteiger partial charge on any atom is 0.258 e. The van der Waals surface area contributed by atoms with Crippen molar-refractivity contribution >= 4 is 25.7 Å². The van der Waals surface area contributed by atoms with E-state index in [0.717, 1.165) is 30.1 Å². The van der Waals surface area contributed by atoms with Gasteiger partial charge in [0.25, 0.3) is 5.91 Å². The molecule has 3 aliphatic rings. The maximum absolute atomic E-state index is 15.5. The smallest absolute Gasteiger partial charge is 0.258 e. The first-order valence-corrected chi connectivity index (χ1v) is 14.2. The molecule has 6 rings (SSSR count). The summed E-state index contributed by atoms with van der Waals surface area (Å²) in [6, 6.07) is 9.34. The van der Waals surface area contributed by atoms with Crippen LogP contribution in [0, 0.1) is 11.6 Å². The lowest BCUT2D eigenvalue weighted by atomic mass is 9.87. The number of rotatable bonds is 7. The Labute approximate surface area is 244 Å². The summed E-state index contributed by atoms with van der Waals surface area (Å²) < 4.78 is 37.1. The van der Waals surface area contributed by atoms with Crippen LogP contribution in [0.15, 0.2) is 47.6 Å². The second-order valence-electron chi connectivity index (χ2n) is 11.2. The van der Waals surface area contributed by atoms with Crippen molar-refractivity contribution in [3.05, 3.63) is 76.6 Å². The van der Waals surface area contributed by atoms with Gasteiger partial charge in [0, 0.05) is 49.7 Å². The fourth-order valence-corrected chi connectivity index (χ4v) is 6.27. The minimum absolute atomic E-state index is 0.0245. The van der Waals surface area contributed by atoms with Gasteiger partial charge in [-0.25, -0.2) is 8.78 Å². The Kier molecular flexibility index (Phi) is 7.49. The Hall–Kier alpha value is -3.83. The van der Waals surface area contributed by atoms with Crippen LogP contribution in [-0.2, 0) is 12.2 Å². The van der Waals surface area contributed by atoms with Gasteiger partial charge in [-0.05, 0) is 60.4 Å².